The lowest BCUT2D eigenvalue weighted by Crippen LogP contribution is -2.28. The van der Waals surface area contributed by atoms with Gasteiger partial charge < -0.3 is 0 Å². The SMILES string of the molecule is Cc1ccc(S(=O)(=O)NCCCn2ncccc2=O)c(C)c1. The van der Waals surface area contributed by atoms with E-state index in [1.54, 1.807) is 25.1 Å². The van der Waals surface area contributed by atoms with E-state index in [-0.39, 0.29) is 17.0 Å². The van der Waals surface area contributed by atoms with Crippen molar-refractivity contribution >= 4 is 10.0 Å². The summed E-state index contributed by atoms with van der Waals surface area (Å²) < 4.78 is 28.4. The highest BCUT2D eigenvalue weighted by atomic mass is 32.2. The van der Waals surface area contributed by atoms with Gasteiger partial charge in [-0.15, -0.1) is 0 Å². The van der Waals surface area contributed by atoms with Crippen LogP contribution in [0, 0.1) is 13.8 Å². The molecule has 0 unspecified atom stereocenters. The summed E-state index contributed by atoms with van der Waals surface area (Å²) in [6.45, 7) is 4.31. The van der Waals surface area contributed by atoms with Crippen LogP contribution >= 0.6 is 0 Å². The van der Waals surface area contributed by atoms with Gasteiger partial charge in [0.2, 0.25) is 10.0 Å². The predicted octanol–water partition coefficient (Wildman–Crippen LogP) is 1.23. The lowest BCUT2D eigenvalue weighted by atomic mass is 10.2. The average molecular weight is 321 g/mol. The third-order valence-electron chi connectivity index (χ3n) is 3.24. The lowest BCUT2D eigenvalue weighted by Gasteiger charge is -2.10. The maximum absolute atomic E-state index is 12.2. The number of sulfonamides is 1. The first-order valence-corrected chi connectivity index (χ1v) is 8.47. The molecule has 1 N–H and O–H groups in total. The van der Waals surface area contributed by atoms with Crippen molar-refractivity contribution in [1.82, 2.24) is 14.5 Å². The average Bonchev–Trinajstić information content (AvgIpc) is 2.45. The summed E-state index contributed by atoms with van der Waals surface area (Å²) in [5, 5.41) is 3.92. The van der Waals surface area contributed by atoms with Gasteiger partial charge in [0.25, 0.3) is 5.56 Å². The normalized spacial score (nSPS) is 11.5. The highest BCUT2D eigenvalue weighted by Crippen LogP contribution is 2.16. The number of aryl methyl sites for hydroxylation is 3. The minimum absolute atomic E-state index is 0.195. The van der Waals surface area contributed by atoms with Crippen LogP contribution in [-0.2, 0) is 16.6 Å². The zero-order chi connectivity index (χ0) is 16.2. The molecule has 118 valence electrons. The molecule has 1 aromatic heterocycles. The third-order valence-corrected chi connectivity index (χ3v) is 4.87. The number of nitrogens with zero attached hydrogens (tertiary/aromatic N) is 2. The van der Waals surface area contributed by atoms with Crippen molar-refractivity contribution in [3.63, 3.8) is 0 Å². The Morgan fingerprint density at radius 3 is 2.68 bits per heavy atom. The topological polar surface area (TPSA) is 81.1 Å². The van der Waals surface area contributed by atoms with Crippen LogP contribution in [0.15, 0.2) is 46.2 Å². The minimum atomic E-state index is -3.53. The van der Waals surface area contributed by atoms with Crippen LogP contribution in [0.25, 0.3) is 0 Å². The summed E-state index contributed by atoms with van der Waals surface area (Å²) in [6.07, 6.45) is 2.02. The van der Waals surface area contributed by atoms with Crippen LogP contribution < -0.4 is 10.3 Å². The number of benzene rings is 1. The Morgan fingerprint density at radius 2 is 2.00 bits per heavy atom. The van der Waals surface area contributed by atoms with E-state index in [9.17, 15) is 13.2 Å². The van der Waals surface area contributed by atoms with Crippen molar-refractivity contribution in [1.29, 1.82) is 0 Å². The van der Waals surface area contributed by atoms with Gasteiger partial charge in [-0.1, -0.05) is 17.7 Å². The van der Waals surface area contributed by atoms with E-state index in [4.69, 9.17) is 0 Å². The molecule has 0 aliphatic carbocycles. The number of rotatable bonds is 6. The van der Waals surface area contributed by atoms with Crippen LogP contribution in [0.5, 0.6) is 0 Å². The number of hydrogen-bond acceptors (Lipinski definition) is 4. The molecule has 0 bridgehead atoms. The second-order valence-corrected chi connectivity index (χ2v) is 6.84. The second kappa shape index (κ2) is 6.85. The van der Waals surface area contributed by atoms with Gasteiger partial charge in [-0.2, -0.15) is 5.10 Å². The van der Waals surface area contributed by atoms with Crippen LogP contribution in [0.3, 0.4) is 0 Å². The Hall–Kier alpha value is -1.99. The molecule has 0 spiro atoms. The summed E-state index contributed by atoms with van der Waals surface area (Å²) in [5.41, 5.74) is 1.54. The van der Waals surface area contributed by atoms with Crippen molar-refractivity contribution in [2.75, 3.05) is 6.54 Å². The molecule has 2 rings (SSSR count). The molecule has 0 aliphatic rings. The van der Waals surface area contributed by atoms with Gasteiger partial charge in [0.1, 0.15) is 0 Å². The highest BCUT2D eigenvalue weighted by Gasteiger charge is 2.15. The van der Waals surface area contributed by atoms with Gasteiger partial charge in [-0.25, -0.2) is 17.8 Å². The van der Waals surface area contributed by atoms with Crippen molar-refractivity contribution in [2.45, 2.75) is 31.7 Å². The van der Waals surface area contributed by atoms with Crippen molar-refractivity contribution in [2.24, 2.45) is 0 Å². The lowest BCUT2D eigenvalue weighted by molar-refractivity contribution is 0.535. The van der Waals surface area contributed by atoms with Gasteiger partial charge in [-0.3, -0.25) is 4.79 Å². The van der Waals surface area contributed by atoms with E-state index in [1.807, 2.05) is 13.0 Å². The quantitative estimate of drug-likeness (QED) is 0.811. The monoisotopic (exact) mass is 321 g/mol. The number of nitrogens with one attached hydrogen (secondary N) is 1. The summed E-state index contributed by atoms with van der Waals surface area (Å²) in [6, 6.07) is 8.21. The largest absolute Gasteiger partial charge is 0.268 e. The summed E-state index contributed by atoms with van der Waals surface area (Å²) >= 11 is 0. The minimum Gasteiger partial charge on any atom is -0.268 e. The Bertz CT molecular complexity index is 813. The Kier molecular flexibility index (Phi) is 5.10. The number of aromatic nitrogens is 2. The van der Waals surface area contributed by atoms with E-state index in [0.717, 1.165) is 5.56 Å². The molecule has 7 heteroatoms. The molecule has 0 saturated carbocycles. The predicted molar refractivity (Wildman–Crippen MR) is 84.2 cm³/mol. The van der Waals surface area contributed by atoms with Crippen LogP contribution in [0.1, 0.15) is 17.5 Å². The number of hydrogen-bond donors (Lipinski definition) is 1. The Morgan fingerprint density at radius 1 is 1.23 bits per heavy atom. The fourth-order valence-corrected chi connectivity index (χ4v) is 3.47. The van der Waals surface area contributed by atoms with Crippen LogP contribution in [0.2, 0.25) is 0 Å². The fourth-order valence-electron chi connectivity index (χ4n) is 2.17. The zero-order valence-electron chi connectivity index (χ0n) is 12.6. The van der Waals surface area contributed by atoms with Crippen molar-refractivity contribution < 1.29 is 8.42 Å². The Balaban J connectivity index is 1.96. The molecule has 0 radical (unpaired) electrons. The van der Waals surface area contributed by atoms with Gasteiger partial charge in [0.05, 0.1) is 4.90 Å². The second-order valence-electron chi connectivity index (χ2n) is 5.11. The molecule has 22 heavy (non-hydrogen) atoms. The van der Waals surface area contributed by atoms with Crippen LogP contribution in [-0.4, -0.2) is 24.7 Å². The molecule has 1 aromatic carbocycles. The highest BCUT2D eigenvalue weighted by molar-refractivity contribution is 7.89. The molecule has 6 nitrogen and oxygen atoms in total. The molecule has 0 atom stereocenters. The maximum atomic E-state index is 12.2. The van der Waals surface area contributed by atoms with Crippen molar-refractivity contribution in [3.8, 4) is 0 Å². The molecule has 0 fully saturated rings. The standard InChI is InChI=1S/C15H19N3O3S/c1-12-6-7-14(13(2)11-12)22(20,21)17-9-4-10-18-15(19)5-3-8-16-18/h3,5-8,11,17H,4,9-10H2,1-2H3. The smallest absolute Gasteiger partial charge is 0.266 e. The van der Waals surface area contributed by atoms with Gasteiger partial charge in [0, 0.05) is 25.4 Å². The maximum Gasteiger partial charge on any atom is 0.266 e. The molecule has 0 amide bonds. The first kappa shape index (κ1) is 16.4. The molecule has 0 aliphatic heterocycles. The van der Waals surface area contributed by atoms with E-state index in [2.05, 4.69) is 9.82 Å². The summed E-state index contributed by atoms with van der Waals surface area (Å²) in [5.74, 6) is 0. The molecule has 0 saturated heterocycles. The van der Waals surface area contributed by atoms with Gasteiger partial charge in [-0.05, 0) is 38.0 Å². The first-order valence-electron chi connectivity index (χ1n) is 6.99. The van der Waals surface area contributed by atoms with Gasteiger partial charge in [0.15, 0.2) is 0 Å². The zero-order valence-corrected chi connectivity index (χ0v) is 13.4. The summed E-state index contributed by atoms with van der Waals surface area (Å²) in [7, 11) is -3.53. The molecular formula is C15H19N3O3S. The summed E-state index contributed by atoms with van der Waals surface area (Å²) in [4.78, 5) is 11.8. The van der Waals surface area contributed by atoms with Gasteiger partial charge >= 0.3 is 0 Å². The van der Waals surface area contributed by atoms with E-state index >= 15 is 0 Å². The molecule has 2 aromatic rings. The first-order chi connectivity index (χ1) is 10.4. The van der Waals surface area contributed by atoms with E-state index in [1.165, 1.54) is 16.9 Å². The third kappa shape index (κ3) is 4.02. The van der Waals surface area contributed by atoms with E-state index in [0.29, 0.717) is 18.5 Å². The van der Waals surface area contributed by atoms with Crippen molar-refractivity contribution in [3.05, 3.63) is 58.0 Å². The van der Waals surface area contributed by atoms with E-state index < -0.39 is 10.0 Å². The van der Waals surface area contributed by atoms with Crippen LogP contribution in [0.4, 0.5) is 0 Å². The molecular weight excluding hydrogens is 302 g/mol. The fraction of sp³-hybridized carbons (Fsp3) is 0.333. The Labute approximate surface area is 129 Å². The molecule has 1 heterocycles.